The summed E-state index contributed by atoms with van der Waals surface area (Å²) in [6.07, 6.45) is 2.12. The highest BCUT2D eigenvalue weighted by Gasteiger charge is 2.24. The van der Waals surface area contributed by atoms with E-state index in [4.69, 9.17) is 4.74 Å². The van der Waals surface area contributed by atoms with Gasteiger partial charge in [0.25, 0.3) is 0 Å². The minimum atomic E-state index is 0.420. The van der Waals surface area contributed by atoms with Crippen molar-refractivity contribution in [3.8, 4) is 0 Å². The lowest BCUT2D eigenvalue weighted by molar-refractivity contribution is -0.915. The van der Waals surface area contributed by atoms with Crippen LogP contribution in [0.5, 0.6) is 0 Å². The number of hydrogen-bond donors (Lipinski definition) is 1. The van der Waals surface area contributed by atoms with E-state index < -0.39 is 0 Å². The van der Waals surface area contributed by atoms with Crippen molar-refractivity contribution in [1.82, 2.24) is 0 Å². The Labute approximate surface area is 121 Å². The molecule has 0 aromatic heterocycles. The fourth-order valence-corrected chi connectivity index (χ4v) is 3.59. The van der Waals surface area contributed by atoms with Crippen LogP contribution in [0.4, 0.5) is 0 Å². The van der Waals surface area contributed by atoms with Crippen LogP contribution >= 0.6 is 11.8 Å². The molecule has 2 nitrogen and oxygen atoms in total. The zero-order valence-corrected chi connectivity index (χ0v) is 13.1. The van der Waals surface area contributed by atoms with E-state index >= 15 is 0 Å². The van der Waals surface area contributed by atoms with Crippen LogP contribution < -0.4 is 4.90 Å². The van der Waals surface area contributed by atoms with Gasteiger partial charge < -0.3 is 9.64 Å². The SMILES string of the molecule is Cc1ccc(SCCC[NH+]2C[C@@H](C)O[C@H](C)C2)cc1. The predicted octanol–water partition coefficient (Wildman–Crippen LogP) is 2.17. The molecule has 106 valence electrons. The third-order valence-electron chi connectivity index (χ3n) is 3.58. The lowest BCUT2D eigenvalue weighted by Gasteiger charge is -2.32. The van der Waals surface area contributed by atoms with Gasteiger partial charge >= 0.3 is 0 Å². The van der Waals surface area contributed by atoms with Crippen LogP contribution in [0.25, 0.3) is 0 Å². The van der Waals surface area contributed by atoms with E-state index in [-0.39, 0.29) is 0 Å². The molecule has 1 aliphatic heterocycles. The molecule has 0 saturated carbocycles. The molecule has 0 radical (unpaired) electrons. The van der Waals surface area contributed by atoms with Crippen LogP contribution in [0.15, 0.2) is 29.2 Å². The van der Waals surface area contributed by atoms with Crippen LogP contribution in [0.3, 0.4) is 0 Å². The van der Waals surface area contributed by atoms with Gasteiger partial charge in [0.15, 0.2) is 0 Å². The average molecular weight is 280 g/mol. The summed E-state index contributed by atoms with van der Waals surface area (Å²) < 4.78 is 5.78. The number of hydrogen-bond acceptors (Lipinski definition) is 2. The first-order valence-corrected chi connectivity index (χ1v) is 8.30. The van der Waals surface area contributed by atoms with Crippen LogP contribution in [0.1, 0.15) is 25.8 Å². The van der Waals surface area contributed by atoms with Gasteiger partial charge in [-0.3, -0.25) is 0 Å². The Bertz CT molecular complexity index is 369. The fraction of sp³-hybridized carbons (Fsp3) is 0.625. The third kappa shape index (κ3) is 5.17. The van der Waals surface area contributed by atoms with Crippen LogP contribution in [0.2, 0.25) is 0 Å². The van der Waals surface area contributed by atoms with E-state index in [0.717, 1.165) is 0 Å². The Kier molecular flexibility index (Phi) is 5.74. The van der Waals surface area contributed by atoms with Gasteiger partial charge in [0.1, 0.15) is 25.3 Å². The Morgan fingerprint density at radius 3 is 2.42 bits per heavy atom. The largest absolute Gasteiger partial charge is 0.364 e. The van der Waals surface area contributed by atoms with Gasteiger partial charge in [-0.15, -0.1) is 11.8 Å². The van der Waals surface area contributed by atoms with E-state index in [9.17, 15) is 0 Å². The van der Waals surface area contributed by atoms with Gasteiger partial charge in [-0.25, -0.2) is 0 Å². The minimum Gasteiger partial charge on any atom is -0.364 e. The van der Waals surface area contributed by atoms with Crippen molar-refractivity contribution in [3.05, 3.63) is 29.8 Å². The first-order valence-electron chi connectivity index (χ1n) is 7.32. The second-order valence-corrected chi connectivity index (χ2v) is 6.85. The zero-order chi connectivity index (χ0) is 13.7. The number of morpholine rings is 1. The van der Waals surface area contributed by atoms with Gasteiger partial charge in [0.2, 0.25) is 0 Å². The zero-order valence-electron chi connectivity index (χ0n) is 12.3. The Morgan fingerprint density at radius 2 is 1.79 bits per heavy atom. The van der Waals surface area contributed by atoms with E-state index in [0.29, 0.717) is 12.2 Å². The summed E-state index contributed by atoms with van der Waals surface area (Å²) in [5, 5.41) is 0. The maximum Gasteiger partial charge on any atom is 0.104 e. The molecule has 1 aromatic carbocycles. The number of quaternary nitrogens is 1. The molecule has 1 aromatic rings. The molecule has 0 bridgehead atoms. The minimum absolute atomic E-state index is 0.420. The Balaban J connectivity index is 1.65. The third-order valence-corrected chi connectivity index (χ3v) is 4.68. The van der Waals surface area contributed by atoms with Crippen molar-refractivity contribution < 1.29 is 9.64 Å². The Morgan fingerprint density at radius 1 is 1.16 bits per heavy atom. The maximum absolute atomic E-state index is 5.78. The molecule has 3 heteroatoms. The van der Waals surface area contributed by atoms with Crippen molar-refractivity contribution in [2.75, 3.05) is 25.4 Å². The average Bonchev–Trinajstić information content (AvgIpc) is 2.36. The van der Waals surface area contributed by atoms with Crippen molar-refractivity contribution in [2.24, 2.45) is 0 Å². The molecule has 2 rings (SSSR count). The van der Waals surface area contributed by atoms with E-state index in [2.05, 4.69) is 45.0 Å². The van der Waals surface area contributed by atoms with Crippen molar-refractivity contribution >= 4 is 11.8 Å². The number of nitrogens with one attached hydrogen (secondary N) is 1. The van der Waals surface area contributed by atoms with E-state index in [1.165, 1.54) is 42.3 Å². The molecule has 0 amide bonds. The summed E-state index contributed by atoms with van der Waals surface area (Å²) in [5.41, 5.74) is 1.34. The molecule has 19 heavy (non-hydrogen) atoms. The quantitative estimate of drug-likeness (QED) is 0.656. The van der Waals surface area contributed by atoms with E-state index in [1.54, 1.807) is 4.90 Å². The summed E-state index contributed by atoms with van der Waals surface area (Å²) >= 11 is 1.97. The predicted molar refractivity (Wildman–Crippen MR) is 82.1 cm³/mol. The lowest BCUT2D eigenvalue weighted by Crippen LogP contribution is -3.15. The van der Waals surface area contributed by atoms with Crippen LogP contribution in [-0.2, 0) is 4.74 Å². The molecule has 1 heterocycles. The number of rotatable bonds is 5. The molecule has 2 atom stereocenters. The van der Waals surface area contributed by atoms with Crippen LogP contribution in [0, 0.1) is 6.92 Å². The maximum atomic E-state index is 5.78. The van der Waals surface area contributed by atoms with Gasteiger partial charge in [-0.2, -0.15) is 0 Å². The van der Waals surface area contributed by atoms with Crippen molar-refractivity contribution in [2.45, 2.75) is 44.3 Å². The van der Waals surface area contributed by atoms with Crippen molar-refractivity contribution in [3.63, 3.8) is 0 Å². The molecule has 1 N–H and O–H groups in total. The van der Waals surface area contributed by atoms with Crippen LogP contribution in [-0.4, -0.2) is 37.6 Å². The first kappa shape index (κ1) is 14.9. The smallest absolute Gasteiger partial charge is 0.104 e. The fourth-order valence-electron chi connectivity index (χ4n) is 2.74. The van der Waals surface area contributed by atoms with Gasteiger partial charge in [-0.05, 0) is 32.9 Å². The highest BCUT2D eigenvalue weighted by atomic mass is 32.2. The lowest BCUT2D eigenvalue weighted by atomic mass is 10.2. The summed E-state index contributed by atoms with van der Waals surface area (Å²) in [6.45, 7) is 10.1. The molecule has 0 unspecified atom stereocenters. The second-order valence-electron chi connectivity index (χ2n) is 5.68. The monoisotopic (exact) mass is 280 g/mol. The molecular formula is C16H26NOS+. The molecule has 1 saturated heterocycles. The highest BCUT2D eigenvalue weighted by molar-refractivity contribution is 7.99. The van der Waals surface area contributed by atoms with Gasteiger partial charge in [-0.1, -0.05) is 17.7 Å². The molecular weight excluding hydrogens is 254 g/mol. The number of benzene rings is 1. The number of thioether (sulfide) groups is 1. The standard InChI is InChI=1S/C16H25NOS/c1-13-5-7-16(8-6-13)19-10-4-9-17-11-14(2)18-15(3)12-17/h5-8,14-15H,4,9-12H2,1-3H3/p+1/t14-,15-/m1/s1. The summed E-state index contributed by atoms with van der Waals surface area (Å²) in [6, 6.07) is 8.84. The molecule has 0 spiro atoms. The number of ether oxygens (including phenoxy) is 1. The molecule has 1 aliphatic rings. The topological polar surface area (TPSA) is 13.7 Å². The normalized spacial score (nSPS) is 27.4. The first-order chi connectivity index (χ1) is 9.13. The summed E-state index contributed by atoms with van der Waals surface area (Å²) in [7, 11) is 0. The Hall–Kier alpha value is -0.510. The number of aryl methyl sites for hydroxylation is 1. The second kappa shape index (κ2) is 7.32. The highest BCUT2D eigenvalue weighted by Crippen LogP contribution is 2.18. The van der Waals surface area contributed by atoms with Crippen molar-refractivity contribution in [1.29, 1.82) is 0 Å². The summed E-state index contributed by atoms with van der Waals surface area (Å²) in [5.74, 6) is 1.22. The van der Waals surface area contributed by atoms with Gasteiger partial charge in [0.05, 0.1) is 6.54 Å². The molecule has 1 fully saturated rings. The molecule has 0 aliphatic carbocycles. The summed E-state index contributed by atoms with van der Waals surface area (Å²) in [4.78, 5) is 3.10. The van der Waals surface area contributed by atoms with E-state index in [1.807, 2.05) is 11.8 Å². The van der Waals surface area contributed by atoms with Gasteiger partial charge in [0, 0.05) is 17.1 Å².